The number of hydrogen-bond acceptors (Lipinski definition) is 7. The number of hydrogen-bond donors (Lipinski definition) is 2. The van der Waals surface area contributed by atoms with Crippen LogP contribution in [0.1, 0.15) is 37.7 Å². The Kier molecular flexibility index (Phi) is 5.82. The predicted octanol–water partition coefficient (Wildman–Crippen LogP) is 4.94. The quantitative estimate of drug-likeness (QED) is 0.525. The van der Waals surface area contributed by atoms with Crippen molar-refractivity contribution in [2.24, 2.45) is 0 Å². The smallest absolute Gasteiger partial charge is 0.361 e. The minimum Gasteiger partial charge on any atom is -0.361 e. The van der Waals surface area contributed by atoms with Gasteiger partial charge < -0.3 is 10.6 Å². The molecule has 2 aromatic rings. The van der Waals surface area contributed by atoms with E-state index in [1.165, 1.54) is 0 Å². The topological polar surface area (TPSA) is 106 Å². The van der Waals surface area contributed by atoms with Crippen LogP contribution >= 0.6 is 11.6 Å². The summed E-state index contributed by atoms with van der Waals surface area (Å²) in [6.07, 6.45) is 2.01. The van der Waals surface area contributed by atoms with Gasteiger partial charge >= 0.3 is 11.9 Å². The number of alkyl halides is 3. The van der Waals surface area contributed by atoms with Crippen LogP contribution in [0.25, 0.3) is 0 Å². The highest BCUT2D eigenvalue weighted by Crippen LogP contribution is 2.36. The fourth-order valence-corrected chi connectivity index (χ4v) is 3.20. The summed E-state index contributed by atoms with van der Waals surface area (Å²) in [6, 6.07) is 0.744. The fourth-order valence-electron chi connectivity index (χ4n) is 2.99. The summed E-state index contributed by atoms with van der Waals surface area (Å²) < 4.78 is 38.2. The Hall–Kier alpha value is -2.69. The van der Waals surface area contributed by atoms with Gasteiger partial charge in [0.15, 0.2) is 5.82 Å². The standard InChI is InChI=1S/C16H16ClF3N6O2/c17-11-6-9(16(18,19)20)7-21-13(11)25-15-12(26(27)28)14(22-8-23-15)24-10-4-2-1-3-5-10/h6-8,10H,1-5H2,(H2,21,22,23,24,25). The number of nitrogens with zero attached hydrogens (tertiary/aromatic N) is 4. The van der Waals surface area contributed by atoms with Gasteiger partial charge in [-0.2, -0.15) is 13.2 Å². The van der Waals surface area contributed by atoms with E-state index in [1.807, 2.05) is 0 Å². The van der Waals surface area contributed by atoms with Gasteiger partial charge in [-0.3, -0.25) is 10.1 Å². The number of nitro groups is 1. The Bertz CT molecular complexity index is 874. The molecule has 28 heavy (non-hydrogen) atoms. The number of nitrogens with one attached hydrogen (secondary N) is 2. The van der Waals surface area contributed by atoms with Crippen molar-refractivity contribution in [1.29, 1.82) is 0 Å². The van der Waals surface area contributed by atoms with Gasteiger partial charge in [-0.15, -0.1) is 0 Å². The molecule has 0 spiro atoms. The Balaban J connectivity index is 1.89. The maximum Gasteiger partial charge on any atom is 0.417 e. The van der Waals surface area contributed by atoms with Crippen molar-refractivity contribution in [3.05, 3.63) is 39.3 Å². The lowest BCUT2D eigenvalue weighted by atomic mass is 9.95. The number of pyridine rings is 1. The molecule has 0 amide bonds. The molecule has 1 aliphatic carbocycles. The molecule has 3 rings (SSSR count). The summed E-state index contributed by atoms with van der Waals surface area (Å²) in [4.78, 5) is 22.3. The van der Waals surface area contributed by atoms with E-state index in [1.54, 1.807) is 0 Å². The minimum atomic E-state index is -4.60. The lowest BCUT2D eigenvalue weighted by Gasteiger charge is -2.23. The molecule has 8 nitrogen and oxygen atoms in total. The van der Waals surface area contributed by atoms with Crippen molar-refractivity contribution in [2.75, 3.05) is 10.6 Å². The second-order valence-corrected chi connectivity index (χ2v) is 6.74. The summed E-state index contributed by atoms with van der Waals surface area (Å²) >= 11 is 5.86. The molecular weight excluding hydrogens is 401 g/mol. The average molecular weight is 417 g/mol. The molecule has 2 heterocycles. The van der Waals surface area contributed by atoms with E-state index >= 15 is 0 Å². The highest BCUT2D eigenvalue weighted by molar-refractivity contribution is 6.33. The minimum absolute atomic E-state index is 0.0393. The third kappa shape index (κ3) is 4.58. The van der Waals surface area contributed by atoms with Gasteiger partial charge in [-0.05, 0) is 18.9 Å². The molecule has 0 saturated heterocycles. The lowest BCUT2D eigenvalue weighted by Crippen LogP contribution is -2.23. The van der Waals surface area contributed by atoms with Crippen LogP contribution in [-0.4, -0.2) is 25.9 Å². The Morgan fingerprint density at radius 1 is 1.11 bits per heavy atom. The Labute approximate surface area is 162 Å². The zero-order valence-electron chi connectivity index (χ0n) is 14.5. The van der Waals surface area contributed by atoms with Gasteiger partial charge in [0, 0.05) is 12.2 Å². The molecule has 1 saturated carbocycles. The van der Waals surface area contributed by atoms with Gasteiger partial charge in [0.2, 0.25) is 11.6 Å². The van der Waals surface area contributed by atoms with E-state index in [0.29, 0.717) is 12.3 Å². The highest BCUT2D eigenvalue weighted by atomic mass is 35.5. The van der Waals surface area contributed by atoms with E-state index in [2.05, 4.69) is 25.6 Å². The fraction of sp³-hybridized carbons (Fsp3) is 0.438. The first-order valence-electron chi connectivity index (χ1n) is 8.51. The van der Waals surface area contributed by atoms with Crippen LogP contribution in [0.5, 0.6) is 0 Å². The van der Waals surface area contributed by atoms with Crippen molar-refractivity contribution >= 4 is 34.7 Å². The molecular formula is C16H16ClF3N6O2. The monoisotopic (exact) mass is 416 g/mol. The van der Waals surface area contributed by atoms with Crippen molar-refractivity contribution in [3.8, 4) is 0 Å². The van der Waals surface area contributed by atoms with Gasteiger partial charge in [0.25, 0.3) is 0 Å². The number of rotatable bonds is 5. The van der Waals surface area contributed by atoms with Gasteiger partial charge in [-0.1, -0.05) is 30.9 Å². The first-order valence-corrected chi connectivity index (χ1v) is 8.89. The molecule has 150 valence electrons. The molecule has 2 N–H and O–H groups in total. The van der Waals surface area contributed by atoms with Crippen molar-refractivity contribution in [1.82, 2.24) is 15.0 Å². The van der Waals surface area contributed by atoms with Crippen LogP contribution in [0.3, 0.4) is 0 Å². The van der Waals surface area contributed by atoms with E-state index in [9.17, 15) is 23.3 Å². The first-order chi connectivity index (χ1) is 13.3. The third-order valence-corrected chi connectivity index (χ3v) is 4.64. The molecule has 0 atom stereocenters. The highest BCUT2D eigenvalue weighted by Gasteiger charge is 2.32. The van der Waals surface area contributed by atoms with Crippen LogP contribution in [0, 0.1) is 10.1 Å². The summed E-state index contributed by atoms with van der Waals surface area (Å²) in [5.41, 5.74) is -1.45. The summed E-state index contributed by atoms with van der Waals surface area (Å²) in [6.45, 7) is 0. The number of halogens is 4. The molecule has 1 aliphatic rings. The van der Waals surface area contributed by atoms with Crippen LogP contribution in [0.4, 0.5) is 36.3 Å². The maximum absolute atomic E-state index is 12.7. The summed E-state index contributed by atoms with van der Waals surface area (Å²) in [7, 11) is 0. The van der Waals surface area contributed by atoms with Gasteiger partial charge in [0.1, 0.15) is 6.33 Å². The van der Waals surface area contributed by atoms with Crippen LogP contribution in [-0.2, 0) is 6.18 Å². The molecule has 12 heteroatoms. The second kappa shape index (κ2) is 8.13. The van der Waals surface area contributed by atoms with Crippen molar-refractivity contribution in [2.45, 2.75) is 44.3 Å². The summed E-state index contributed by atoms with van der Waals surface area (Å²) in [5.74, 6) is -0.356. The molecule has 0 aromatic carbocycles. The molecule has 0 radical (unpaired) electrons. The molecule has 0 aliphatic heterocycles. The van der Waals surface area contributed by atoms with Gasteiger partial charge in [0.05, 0.1) is 15.5 Å². The number of anilines is 3. The van der Waals surface area contributed by atoms with E-state index < -0.39 is 22.4 Å². The van der Waals surface area contributed by atoms with Crippen molar-refractivity contribution in [3.63, 3.8) is 0 Å². The van der Waals surface area contributed by atoms with Crippen LogP contribution in [0.15, 0.2) is 18.6 Å². The first kappa shape index (κ1) is 20.1. The zero-order valence-corrected chi connectivity index (χ0v) is 15.2. The Morgan fingerprint density at radius 3 is 2.39 bits per heavy atom. The van der Waals surface area contributed by atoms with Gasteiger partial charge in [-0.25, -0.2) is 15.0 Å². The molecule has 1 fully saturated rings. The average Bonchev–Trinajstić information content (AvgIpc) is 2.63. The van der Waals surface area contributed by atoms with Crippen molar-refractivity contribution < 1.29 is 18.1 Å². The molecule has 0 bridgehead atoms. The zero-order chi connectivity index (χ0) is 20.3. The normalized spacial score (nSPS) is 15.3. The molecule has 0 unspecified atom stereocenters. The van der Waals surface area contributed by atoms with Crippen LogP contribution < -0.4 is 10.6 Å². The predicted molar refractivity (Wildman–Crippen MR) is 96.7 cm³/mol. The lowest BCUT2D eigenvalue weighted by molar-refractivity contribution is -0.383. The SMILES string of the molecule is O=[N+]([O-])c1c(Nc2ncc(C(F)(F)F)cc2Cl)ncnc1NC1CCCCC1. The summed E-state index contributed by atoms with van der Waals surface area (Å²) in [5, 5.41) is 16.8. The molecule has 2 aromatic heterocycles. The van der Waals surface area contributed by atoms with Crippen LogP contribution in [0.2, 0.25) is 5.02 Å². The Morgan fingerprint density at radius 2 is 1.79 bits per heavy atom. The third-order valence-electron chi connectivity index (χ3n) is 4.36. The second-order valence-electron chi connectivity index (χ2n) is 6.33. The number of aromatic nitrogens is 3. The van der Waals surface area contributed by atoms with E-state index in [0.717, 1.165) is 38.4 Å². The van der Waals surface area contributed by atoms with E-state index in [-0.39, 0.29) is 28.5 Å². The van der Waals surface area contributed by atoms with E-state index in [4.69, 9.17) is 11.6 Å². The largest absolute Gasteiger partial charge is 0.417 e. The maximum atomic E-state index is 12.7.